The maximum atomic E-state index is 14.1. The summed E-state index contributed by atoms with van der Waals surface area (Å²) in [5.74, 6) is 0.392. The number of ether oxygens (including phenoxy) is 3. The van der Waals surface area contributed by atoms with E-state index in [2.05, 4.69) is 4.74 Å². The highest BCUT2D eigenvalue weighted by Crippen LogP contribution is 2.53. The van der Waals surface area contributed by atoms with Crippen molar-refractivity contribution in [1.29, 1.82) is 0 Å². The fourth-order valence-electron chi connectivity index (χ4n) is 3.63. The van der Waals surface area contributed by atoms with Crippen molar-refractivity contribution in [2.24, 2.45) is 0 Å². The van der Waals surface area contributed by atoms with Crippen LogP contribution in [0.2, 0.25) is 0 Å². The molecule has 4 nitrogen and oxygen atoms in total. The molecule has 1 atom stereocenters. The van der Waals surface area contributed by atoms with Crippen LogP contribution in [0.1, 0.15) is 16.7 Å². The summed E-state index contributed by atoms with van der Waals surface area (Å²) in [6.45, 7) is -1.36. The van der Waals surface area contributed by atoms with Crippen molar-refractivity contribution in [2.45, 2.75) is 37.1 Å². The summed E-state index contributed by atoms with van der Waals surface area (Å²) < 4.78 is 99.5. The Kier molecular flexibility index (Phi) is 8.52. The van der Waals surface area contributed by atoms with Crippen LogP contribution in [0.4, 0.5) is 26.3 Å². The number of aliphatic hydroxyl groups is 1. The monoisotopic (exact) mass is 514 g/mol. The number of hydrogen-bond donors (Lipinski definition) is 1. The normalized spacial score (nSPS) is 13.3. The third kappa shape index (κ3) is 6.11. The molecule has 0 heterocycles. The molecule has 1 N–H and O–H groups in total. The summed E-state index contributed by atoms with van der Waals surface area (Å²) in [6.07, 6.45) is -12.1. The van der Waals surface area contributed by atoms with E-state index in [1.165, 1.54) is 31.4 Å². The number of aliphatic hydroxyl groups excluding tert-OH is 1. The summed E-state index contributed by atoms with van der Waals surface area (Å²) in [7, 11) is 1.38. The molecule has 3 aromatic carbocycles. The Morgan fingerprint density at radius 2 is 1.28 bits per heavy atom. The highest BCUT2D eigenvalue weighted by atomic mass is 19.4. The van der Waals surface area contributed by atoms with Crippen LogP contribution in [0.3, 0.4) is 0 Å². The molecular formula is C26H24F6O4. The summed E-state index contributed by atoms with van der Waals surface area (Å²) >= 11 is 0. The molecular weight excluding hydrogens is 490 g/mol. The first-order valence-corrected chi connectivity index (χ1v) is 10.8. The van der Waals surface area contributed by atoms with Crippen molar-refractivity contribution < 1.29 is 45.7 Å². The van der Waals surface area contributed by atoms with E-state index < -0.39 is 42.8 Å². The molecule has 1 unspecified atom stereocenters. The zero-order chi connectivity index (χ0) is 26.4. The van der Waals surface area contributed by atoms with E-state index >= 15 is 0 Å². The molecule has 36 heavy (non-hydrogen) atoms. The number of rotatable bonds is 10. The lowest BCUT2D eigenvalue weighted by molar-refractivity contribution is -0.392. The highest BCUT2D eigenvalue weighted by Gasteiger charge is 2.73. The molecule has 0 aliphatic carbocycles. The SMILES string of the molecule is COc1ccc(COC(c2ccc(OC(CO)Cc3ccccc3)cc2)(C(F)(F)F)C(F)(F)F)cc1. The van der Waals surface area contributed by atoms with E-state index in [-0.39, 0.29) is 11.3 Å². The van der Waals surface area contributed by atoms with Crippen LogP contribution in [0.25, 0.3) is 0 Å². The minimum Gasteiger partial charge on any atom is -0.497 e. The first kappa shape index (κ1) is 27.3. The second-order valence-corrected chi connectivity index (χ2v) is 7.95. The van der Waals surface area contributed by atoms with Crippen LogP contribution in [-0.2, 0) is 23.4 Å². The van der Waals surface area contributed by atoms with Gasteiger partial charge in [-0.15, -0.1) is 0 Å². The van der Waals surface area contributed by atoms with Crippen LogP contribution < -0.4 is 9.47 Å². The fraction of sp³-hybridized carbons (Fsp3) is 0.308. The Morgan fingerprint density at radius 3 is 1.78 bits per heavy atom. The first-order valence-electron chi connectivity index (χ1n) is 10.8. The molecule has 0 amide bonds. The molecule has 10 heteroatoms. The van der Waals surface area contributed by atoms with Crippen LogP contribution in [-0.4, -0.2) is 37.3 Å². The second kappa shape index (κ2) is 11.2. The molecule has 0 aliphatic rings. The maximum absolute atomic E-state index is 14.1. The van der Waals surface area contributed by atoms with Crippen molar-refractivity contribution in [3.8, 4) is 11.5 Å². The average Bonchev–Trinajstić information content (AvgIpc) is 2.84. The topological polar surface area (TPSA) is 47.9 Å². The van der Waals surface area contributed by atoms with Gasteiger partial charge in [0.05, 0.1) is 20.3 Å². The minimum atomic E-state index is -5.82. The number of halogens is 6. The molecule has 3 rings (SSSR count). The van der Waals surface area contributed by atoms with Gasteiger partial charge in [-0.1, -0.05) is 54.6 Å². The standard InChI is InChI=1S/C26H24F6O4/c1-34-21-11-7-19(8-12-21)17-35-24(25(27,28)29,26(30,31)32)20-9-13-22(14-10-20)36-23(16-33)15-18-5-3-2-4-6-18/h2-14,23,33H,15-17H2,1H3. The van der Waals surface area contributed by atoms with Gasteiger partial charge in [0.1, 0.15) is 17.6 Å². The molecule has 0 aromatic heterocycles. The number of alkyl halides is 6. The minimum absolute atomic E-state index is 0.00198. The quantitative estimate of drug-likeness (QED) is 0.327. The van der Waals surface area contributed by atoms with Gasteiger partial charge in [0.15, 0.2) is 0 Å². The zero-order valence-electron chi connectivity index (χ0n) is 19.1. The molecule has 0 fully saturated rings. The van der Waals surface area contributed by atoms with Crippen LogP contribution in [0.5, 0.6) is 11.5 Å². The summed E-state index contributed by atoms with van der Waals surface area (Å²) in [4.78, 5) is 0. The Morgan fingerprint density at radius 1 is 0.722 bits per heavy atom. The molecule has 0 spiro atoms. The summed E-state index contributed by atoms with van der Waals surface area (Å²) in [6, 6.07) is 17.7. The lowest BCUT2D eigenvalue weighted by Crippen LogP contribution is -2.55. The Hall–Kier alpha value is -3.24. The zero-order valence-corrected chi connectivity index (χ0v) is 19.1. The predicted octanol–water partition coefficient (Wildman–Crippen LogP) is 6.21. The van der Waals surface area contributed by atoms with Gasteiger partial charge in [0, 0.05) is 12.0 Å². The van der Waals surface area contributed by atoms with E-state index in [1.807, 2.05) is 0 Å². The first-order chi connectivity index (χ1) is 17.0. The average molecular weight is 514 g/mol. The number of methoxy groups -OCH3 is 1. The second-order valence-electron chi connectivity index (χ2n) is 7.95. The Bertz CT molecular complexity index is 1070. The van der Waals surface area contributed by atoms with Gasteiger partial charge in [-0.3, -0.25) is 0 Å². The molecule has 0 bridgehead atoms. The molecule has 0 saturated heterocycles. The lowest BCUT2D eigenvalue weighted by Gasteiger charge is -2.37. The molecule has 194 valence electrons. The van der Waals surface area contributed by atoms with Gasteiger partial charge >= 0.3 is 12.4 Å². The lowest BCUT2D eigenvalue weighted by atomic mass is 9.91. The van der Waals surface area contributed by atoms with Crippen LogP contribution in [0, 0.1) is 0 Å². The number of hydrogen-bond acceptors (Lipinski definition) is 4. The summed E-state index contributed by atoms with van der Waals surface area (Å²) in [5, 5.41) is 9.61. The van der Waals surface area contributed by atoms with Crippen molar-refractivity contribution in [2.75, 3.05) is 13.7 Å². The van der Waals surface area contributed by atoms with Gasteiger partial charge in [-0.05, 0) is 35.4 Å². The van der Waals surface area contributed by atoms with Gasteiger partial charge in [-0.2, -0.15) is 26.3 Å². The predicted molar refractivity (Wildman–Crippen MR) is 120 cm³/mol. The smallest absolute Gasteiger partial charge is 0.430 e. The van der Waals surface area contributed by atoms with Crippen molar-refractivity contribution in [3.63, 3.8) is 0 Å². The maximum Gasteiger partial charge on any atom is 0.430 e. The van der Waals surface area contributed by atoms with Crippen molar-refractivity contribution in [1.82, 2.24) is 0 Å². The number of benzene rings is 3. The van der Waals surface area contributed by atoms with Gasteiger partial charge < -0.3 is 19.3 Å². The van der Waals surface area contributed by atoms with E-state index in [0.717, 1.165) is 17.7 Å². The van der Waals surface area contributed by atoms with Crippen LogP contribution >= 0.6 is 0 Å². The molecule has 0 saturated carbocycles. The third-order valence-corrected chi connectivity index (χ3v) is 5.49. The largest absolute Gasteiger partial charge is 0.497 e. The molecule has 3 aromatic rings. The third-order valence-electron chi connectivity index (χ3n) is 5.49. The van der Waals surface area contributed by atoms with Gasteiger partial charge in [-0.25, -0.2) is 0 Å². The highest BCUT2D eigenvalue weighted by molar-refractivity contribution is 5.34. The van der Waals surface area contributed by atoms with Crippen LogP contribution in [0.15, 0.2) is 78.9 Å². The van der Waals surface area contributed by atoms with Gasteiger partial charge in [0.25, 0.3) is 5.60 Å². The van der Waals surface area contributed by atoms with E-state index in [9.17, 15) is 31.4 Å². The van der Waals surface area contributed by atoms with Gasteiger partial charge in [0.2, 0.25) is 0 Å². The van der Waals surface area contributed by atoms with Crippen molar-refractivity contribution >= 4 is 0 Å². The Balaban J connectivity index is 1.87. The van der Waals surface area contributed by atoms with E-state index in [0.29, 0.717) is 24.3 Å². The Labute approximate surface area is 204 Å². The molecule has 0 radical (unpaired) electrons. The molecule has 0 aliphatic heterocycles. The van der Waals surface area contributed by atoms with Crippen molar-refractivity contribution in [3.05, 3.63) is 95.6 Å². The fourth-order valence-corrected chi connectivity index (χ4v) is 3.63. The summed E-state index contributed by atoms with van der Waals surface area (Å²) in [5.41, 5.74) is -4.78. The van der Waals surface area contributed by atoms with E-state index in [1.54, 1.807) is 30.3 Å². The van der Waals surface area contributed by atoms with E-state index in [4.69, 9.17) is 9.47 Å².